The second-order valence-corrected chi connectivity index (χ2v) is 5.60. The van der Waals surface area contributed by atoms with Gasteiger partial charge in [0, 0.05) is 16.9 Å². The molecule has 1 rings (SSSR count). The maximum absolute atomic E-state index is 5.68. The molecule has 1 nitrogen and oxygen atoms in total. The summed E-state index contributed by atoms with van der Waals surface area (Å²) in [4.78, 5) is 0. The van der Waals surface area contributed by atoms with Crippen LogP contribution in [0.2, 0.25) is 0 Å². The van der Waals surface area contributed by atoms with Crippen LogP contribution in [0.15, 0.2) is 0 Å². The van der Waals surface area contributed by atoms with E-state index in [2.05, 4.69) is 12.6 Å². The molecule has 1 atom stereocenters. The van der Waals surface area contributed by atoms with Gasteiger partial charge in [-0.25, -0.2) is 0 Å². The van der Waals surface area contributed by atoms with Crippen LogP contribution in [0.5, 0.6) is 0 Å². The second kappa shape index (κ2) is 4.14. The fraction of sp³-hybridized carbons (Fsp3) is 1.00. The molecule has 1 aliphatic rings. The first-order valence-corrected chi connectivity index (χ1v) is 6.50. The first-order valence-electron chi connectivity index (χ1n) is 3.38. The van der Waals surface area contributed by atoms with E-state index in [1.165, 1.54) is 17.9 Å². The normalized spacial score (nSPS) is 34.2. The smallest absolute Gasteiger partial charge is 0.0114 e. The number of thiol groups is 1. The Morgan fingerprint density at radius 3 is 2.60 bits per heavy atom. The third-order valence-electron chi connectivity index (χ3n) is 1.93. The molecule has 0 amide bonds. The SMILES string of the molecule is NCC1(CS)CCSSC1. The summed E-state index contributed by atoms with van der Waals surface area (Å²) in [6.07, 6.45) is 1.24. The van der Waals surface area contributed by atoms with Crippen molar-refractivity contribution >= 4 is 34.2 Å². The lowest BCUT2D eigenvalue weighted by atomic mass is 9.90. The molecule has 0 aliphatic carbocycles. The molecule has 1 fully saturated rings. The molecular formula is C6H13NS3. The molecule has 0 aromatic rings. The summed E-state index contributed by atoms with van der Waals surface area (Å²) >= 11 is 4.33. The number of hydrogen-bond acceptors (Lipinski definition) is 4. The number of rotatable bonds is 2. The van der Waals surface area contributed by atoms with Crippen LogP contribution in [-0.2, 0) is 0 Å². The Balaban J connectivity index is 2.44. The zero-order valence-corrected chi connectivity index (χ0v) is 8.40. The predicted octanol–water partition coefficient (Wildman–Crippen LogP) is 1.65. The van der Waals surface area contributed by atoms with Crippen LogP contribution >= 0.6 is 34.2 Å². The lowest BCUT2D eigenvalue weighted by Gasteiger charge is -2.33. The van der Waals surface area contributed by atoms with Crippen molar-refractivity contribution < 1.29 is 0 Å². The van der Waals surface area contributed by atoms with Gasteiger partial charge in [0.15, 0.2) is 0 Å². The fourth-order valence-corrected chi connectivity index (χ4v) is 4.39. The Hall–Kier alpha value is 1.01. The van der Waals surface area contributed by atoms with Crippen molar-refractivity contribution in [1.29, 1.82) is 0 Å². The largest absolute Gasteiger partial charge is 0.330 e. The quantitative estimate of drug-likeness (QED) is 0.518. The maximum atomic E-state index is 5.68. The van der Waals surface area contributed by atoms with Gasteiger partial charge in [0.25, 0.3) is 0 Å². The molecule has 4 heteroatoms. The lowest BCUT2D eigenvalue weighted by Crippen LogP contribution is -2.36. The lowest BCUT2D eigenvalue weighted by molar-refractivity contribution is 0.387. The monoisotopic (exact) mass is 195 g/mol. The molecule has 0 bridgehead atoms. The Morgan fingerprint density at radius 1 is 1.50 bits per heavy atom. The van der Waals surface area contributed by atoms with Gasteiger partial charge in [0.1, 0.15) is 0 Å². The molecule has 0 aromatic carbocycles. The molecule has 0 spiro atoms. The van der Waals surface area contributed by atoms with Crippen LogP contribution in [0.4, 0.5) is 0 Å². The third kappa shape index (κ3) is 2.00. The third-order valence-corrected chi connectivity index (χ3v) is 5.22. The highest BCUT2D eigenvalue weighted by Gasteiger charge is 2.29. The average Bonchev–Trinajstić information content (AvgIpc) is 2.06. The molecule has 0 aromatic heterocycles. The van der Waals surface area contributed by atoms with Crippen molar-refractivity contribution in [2.75, 3.05) is 23.8 Å². The summed E-state index contributed by atoms with van der Waals surface area (Å²) in [5, 5.41) is 0. The highest BCUT2D eigenvalue weighted by Crippen LogP contribution is 2.40. The van der Waals surface area contributed by atoms with Crippen molar-refractivity contribution in [3.05, 3.63) is 0 Å². The van der Waals surface area contributed by atoms with Gasteiger partial charge in [0.2, 0.25) is 0 Å². The Labute approximate surface area is 75.7 Å². The van der Waals surface area contributed by atoms with Crippen LogP contribution in [0.1, 0.15) is 6.42 Å². The van der Waals surface area contributed by atoms with E-state index >= 15 is 0 Å². The molecular weight excluding hydrogens is 182 g/mol. The van der Waals surface area contributed by atoms with Crippen molar-refractivity contribution in [1.82, 2.24) is 0 Å². The van der Waals surface area contributed by atoms with Crippen molar-refractivity contribution in [3.63, 3.8) is 0 Å². The average molecular weight is 195 g/mol. The number of hydrogen-bond donors (Lipinski definition) is 2. The minimum Gasteiger partial charge on any atom is -0.330 e. The molecule has 0 saturated carbocycles. The standard InChI is InChI=1S/C6H13NS3/c7-3-6(4-8)1-2-9-10-5-6/h8H,1-5,7H2. The Bertz CT molecular complexity index is 95.2. The van der Waals surface area contributed by atoms with Crippen LogP contribution in [0.25, 0.3) is 0 Å². The summed E-state index contributed by atoms with van der Waals surface area (Å²) in [5.41, 5.74) is 6.02. The Morgan fingerprint density at radius 2 is 2.30 bits per heavy atom. The van der Waals surface area contributed by atoms with Gasteiger partial charge in [-0.1, -0.05) is 21.6 Å². The molecule has 1 aliphatic heterocycles. The van der Waals surface area contributed by atoms with Gasteiger partial charge in [-0.3, -0.25) is 0 Å². The van der Waals surface area contributed by atoms with E-state index in [1.54, 1.807) is 0 Å². The maximum Gasteiger partial charge on any atom is 0.0114 e. The summed E-state index contributed by atoms with van der Waals surface area (Å²) in [7, 11) is 3.89. The van der Waals surface area contributed by atoms with Crippen molar-refractivity contribution in [2.24, 2.45) is 11.1 Å². The molecule has 0 radical (unpaired) electrons. The van der Waals surface area contributed by atoms with E-state index in [0.29, 0.717) is 5.41 Å². The van der Waals surface area contributed by atoms with E-state index < -0.39 is 0 Å². The zero-order chi connectivity index (χ0) is 7.45. The van der Waals surface area contributed by atoms with Gasteiger partial charge in [-0.15, -0.1) is 0 Å². The fourth-order valence-electron chi connectivity index (χ4n) is 0.906. The Kier molecular flexibility index (Phi) is 3.77. The van der Waals surface area contributed by atoms with Gasteiger partial charge in [-0.2, -0.15) is 12.6 Å². The van der Waals surface area contributed by atoms with Crippen LogP contribution in [0.3, 0.4) is 0 Å². The van der Waals surface area contributed by atoms with Gasteiger partial charge in [0.05, 0.1) is 0 Å². The van der Waals surface area contributed by atoms with Crippen LogP contribution in [-0.4, -0.2) is 23.8 Å². The topological polar surface area (TPSA) is 26.0 Å². The highest BCUT2D eigenvalue weighted by molar-refractivity contribution is 8.76. The van der Waals surface area contributed by atoms with Gasteiger partial charge >= 0.3 is 0 Å². The minimum absolute atomic E-state index is 0.346. The summed E-state index contributed by atoms with van der Waals surface area (Å²) < 4.78 is 0. The molecule has 1 heterocycles. The molecule has 1 saturated heterocycles. The number of nitrogens with two attached hydrogens (primary N) is 1. The van der Waals surface area contributed by atoms with Crippen molar-refractivity contribution in [3.8, 4) is 0 Å². The molecule has 10 heavy (non-hydrogen) atoms. The van der Waals surface area contributed by atoms with E-state index in [4.69, 9.17) is 5.73 Å². The molecule has 1 unspecified atom stereocenters. The summed E-state index contributed by atoms with van der Waals surface area (Å²) in [6.45, 7) is 0.796. The van der Waals surface area contributed by atoms with Crippen molar-refractivity contribution in [2.45, 2.75) is 6.42 Å². The van der Waals surface area contributed by atoms with E-state index in [-0.39, 0.29) is 0 Å². The molecule has 2 N–H and O–H groups in total. The van der Waals surface area contributed by atoms with Crippen LogP contribution in [0, 0.1) is 5.41 Å². The minimum atomic E-state index is 0.346. The first-order chi connectivity index (χ1) is 4.83. The zero-order valence-electron chi connectivity index (χ0n) is 5.88. The van der Waals surface area contributed by atoms with E-state index in [0.717, 1.165) is 12.3 Å². The summed E-state index contributed by atoms with van der Waals surface area (Å²) in [5.74, 6) is 3.36. The van der Waals surface area contributed by atoms with Gasteiger partial charge in [-0.05, 0) is 18.7 Å². The van der Waals surface area contributed by atoms with E-state index in [1.807, 2.05) is 21.6 Å². The first kappa shape index (κ1) is 9.10. The van der Waals surface area contributed by atoms with E-state index in [9.17, 15) is 0 Å². The van der Waals surface area contributed by atoms with Gasteiger partial charge < -0.3 is 5.73 Å². The van der Waals surface area contributed by atoms with Crippen LogP contribution < -0.4 is 5.73 Å². The highest BCUT2D eigenvalue weighted by atomic mass is 33.1. The molecule has 60 valence electrons. The summed E-state index contributed by atoms with van der Waals surface area (Å²) in [6, 6.07) is 0. The predicted molar refractivity (Wildman–Crippen MR) is 54.9 cm³/mol. The second-order valence-electron chi connectivity index (χ2n) is 2.70.